The fourth-order valence-electron chi connectivity index (χ4n) is 2.16. The molecule has 0 saturated carbocycles. The van der Waals surface area contributed by atoms with E-state index in [2.05, 4.69) is 5.32 Å². The van der Waals surface area contributed by atoms with Crippen molar-refractivity contribution in [3.8, 4) is 0 Å². The van der Waals surface area contributed by atoms with E-state index < -0.39 is 0 Å². The highest BCUT2D eigenvalue weighted by Crippen LogP contribution is 2.19. The van der Waals surface area contributed by atoms with Crippen LogP contribution in [0.2, 0.25) is 0 Å². The molecule has 112 valence electrons. The molecule has 1 amide bonds. The molecule has 0 fully saturated rings. The molecule has 0 aliphatic rings. The maximum atomic E-state index is 12.9. The standard InChI is InChI=1S/C16H24FNO2/c1-11(2)15(8-9-19)18-16(20)10-12(3)13-4-6-14(17)7-5-13/h4-7,11-12,15,19H,8-10H2,1-3H3,(H,18,20). The number of rotatable bonds is 7. The van der Waals surface area contributed by atoms with Gasteiger partial charge in [0.15, 0.2) is 0 Å². The van der Waals surface area contributed by atoms with Gasteiger partial charge in [-0.25, -0.2) is 4.39 Å². The maximum absolute atomic E-state index is 12.9. The Morgan fingerprint density at radius 2 is 1.85 bits per heavy atom. The van der Waals surface area contributed by atoms with Crippen LogP contribution >= 0.6 is 0 Å². The Morgan fingerprint density at radius 1 is 1.25 bits per heavy atom. The van der Waals surface area contributed by atoms with Crippen LogP contribution in [0.1, 0.15) is 45.1 Å². The smallest absolute Gasteiger partial charge is 0.220 e. The van der Waals surface area contributed by atoms with E-state index in [-0.39, 0.29) is 36.2 Å². The van der Waals surface area contributed by atoms with Crippen LogP contribution in [-0.4, -0.2) is 23.7 Å². The average molecular weight is 281 g/mol. The van der Waals surface area contributed by atoms with Gasteiger partial charge in [0.05, 0.1) is 0 Å². The van der Waals surface area contributed by atoms with Gasteiger partial charge in [-0.1, -0.05) is 32.9 Å². The minimum atomic E-state index is -0.270. The molecule has 2 atom stereocenters. The summed E-state index contributed by atoms with van der Waals surface area (Å²) in [5, 5.41) is 12.0. The number of halogens is 1. The van der Waals surface area contributed by atoms with Crippen LogP contribution in [0, 0.1) is 11.7 Å². The fourth-order valence-corrected chi connectivity index (χ4v) is 2.16. The molecule has 0 aliphatic heterocycles. The molecule has 3 nitrogen and oxygen atoms in total. The maximum Gasteiger partial charge on any atom is 0.220 e. The van der Waals surface area contributed by atoms with Crippen molar-refractivity contribution in [3.63, 3.8) is 0 Å². The number of carbonyl (C=O) groups excluding carboxylic acids is 1. The molecule has 4 heteroatoms. The molecule has 1 aromatic rings. The van der Waals surface area contributed by atoms with Crippen molar-refractivity contribution in [1.29, 1.82) is 0 Å². The van der Waals surface area contributed by atoms with E-state index in [0.29, 0.717) is 12.8 Å². The van der Waals surface area contributed by atoms with E-state index in [1.807, 2.05) is 20.8 Å². The number of benzene rings is 1. The number of carbonyl (C=O) groups is 1. The number of nitrogens with one attached hydrogen (secondary N) is 1. The zero-order valence-corrected chi connectivity index (χ0v) is 12.4. The Bertz CT molecular complexity index is 417. The molecule has 20 heavy (non-hydrogen) atoms. The summed E-state index contributed by atoms with van der Waals surface area (Å²) in [5.74, 6) is 0.0203. The average Bonchev–Trinajstić information content (AvgIpc) is 2.38. The lowest BCUT2D eigenvalue weighted by Crippen LogP contribution is -2.39. The SMILES string of the molecule is CC(CC(=O)NC(CCO)C(C)C)c1ccc(F)cc1. The summed E-state index contributed by atoms with van der Waals surface area (Å²) in [6.45, 7) is 6.05. The van der Waals surface area contributed by atoms with Crippen molar-refractivity contribution in [3.05, 3.63) is 35.6 Å². The van der Waals surface area contributed by atoms with Crippen molar-refractivity contribution >= 4 is 5.91 Å². The third-order valence-electron chi connectivity index (χ3n) is 3.52. The Kier molecular flexibility index (Phi) is 6.65. The van der Waals surface area contributed by atoms with Gasteiger partial charge in [0.25, 0.3) is 0 Å². The van der Waals surface area contributed by atoms with Crippen molar-refractivity contribution in [1.82, 2.24) is 5.32 Å². The topological polar surface area (TPSA) is 49.3 Å². The predicted octanol–water partition coefficient (Wildman–Crippen LogP) is 2.84. The zero-order valence-electron chi connectivity index (χ0n) is 12.4. The first kappa shape index (κ1) is 16.6. The minimum Gasteiger partial charge on any atom is -0.396 e. The van der Waals surface area contributed by atoms with Crippen molar-refractivity contribution in [2.45, 2.75) is 45.6 Å². The molecular weight excluding hydrogens is 257 g/mol. The van der Waals surface area contributed by atoms with Gasteiger partial charge >= 0.3 is 0 Å². The molecular formula is C16H24FNO2. The van der Waals surface area contributed by atoms with Gasteiger partial charge < -0.3 is 10.4 Å². The summed E-state index contributed by atoms with van der Waals surface area (Å²) in [4.78, 5) is 12.0. The molecule has 1 rings (SSSR count). The summed E-state index contributed by atoms with van der Waals surface area (Å²) in [5.41, 5.74) is 0.949. The highest BCUT2D eigenvalue weighted by Gasteiger charge is 2.17. The second kappa shape index (κ2) is 8.00. The molecule has 0 spiro atoms. The van der Waals surface area contributed by atoms with Crippen LogP contribution in [0.5, 0.6) is 0 Å². The Morgan fingerprint density at radius 3 is 2.35 bits per heavy atom. The van der Waals surface area contributed by atoms with Crippen LogP contribution in [-0.2, 0) is 4.79 Å². The second-order valence-corrected chi connectivity index (χ2v) is 5.59. The highest BCUT2D eigenvalue weighted by atomic mass is 19.1. The molecule has 0 saturated heterocycles. The molecule has 1 aromatic carbocycles. The summed E-state index contributed by atoms with van der Waals surface area (Å²) in [7, 11) is 0. The summed E-state index contributed by atoms with van der Waals surface area (Å²) >= 11 is 0. The van der Waals surface area contributed by atoms with Crippen LogP contribution < -0.4 is 5.32 Å². The van der Waals surface area contributed by atoms with Gasteiger partial charge in [-0.3, -0.25) is 4.79 Å². The molecule has 2 unspecified atom stereocenters. The largest absolute Gasteiger partial charge is 0.396 e. The first-order valence-electron chi connectivity index (χ1n) is 7.09. The number of aliphatic hydroxyl groups is 1. The second-order valence-electron chi connectivity index (χ2n) is 5.59. The quantitative estimate of drug-likeness (QED) is 0.807. The summed E-state index contributed by atoms with van der Waals surface area (Å²) in [6.07, 6.45) is 0.925. The lowest BCUT2D eigenvalue weighted by Gasteiger charge is -2.22. The minimum absolute atomic E-state index is 0.00656. The number of aliphatic hydroxyl groups excluding tert-OH is 1. The third kappa shape index (κ3) is 5.29. The molecule has 0 radical (unpaired) electrons. The third-order valence-corrected chi connectivity index (χ3v) is 3.52. The number of amides is 1. The van der Waals surface area contributed by atoms with E-state index in [9.17, 15) is 9.18 Å². The van der Waals surface area contributed by atoms with Gasteiger partial charge in [0, 0.05) is 19.1 Å². The molecule has 0 heterocycles. The van der Waals surface area contributed by atoms with Crippen molar-refractivity contribution in [2.75, 3.05) is 6.61 Å². The first-order chi connectivity index (χ1) is 9.43. The van der Waals surface area contributed by atoms with Crippen LogP contribution in [0.4, 0.5) is 4.39 Å². The molecule has 2 N–H and O–H groups in total. The van der Waals surface area contributed by atoms with Crippen molar-refractivity contribution in [2.24, 2.45) is 5.92 Å². The Balaban J connectivity index is 2.54. The van der Waals surface area contributed by atoms with E-state index in [1.165, 1.54) is 12.1 Å². The Labute approximate surface area is 120 Å². The van der Waals surface area contributed by atoms with Gasteiger partial charge in [-0.05, 0) is 36.0 Å². The first-order valence-corrected chi connectivity index (χ1v) is 7.09. The van der Waals surface area contributed by atoms with Gasteiger partial charge in [-0.15, -0.1) is 0 Å². The zero-order chi connectivity index (χ0) is 15.1. The monoisotopic (exact) mass is 281 g/mol. The van der Waals surface area contributed by atoms with Gasteiger partial charge in [0.1, 0.15) is 5.82 Å². The Hall–Kier alpha value is -1.42. The van der Waals surface area contributed by atoms with Crippen LogP contribution in [0.25, 0.3) is 0 Å². The normalized spacial score (nSPS) is 14.1. The van der Waals surface area contributed by atoms with Crippen LogP contribution in [0.3, 0.4) is 0 Å². The lowest BCUT2D eigenvalue weighted by atomic mass is 9.96. The predicted molar refractivity (Wildman–Crippen MR) is 77.9 cm³/mol. The summed E-state index contributed by atoms with van der Waals surface area (Å²) in [6, 6.07) is 6.23. The molecule has 0 aromatic heterocycles. The lowest BCUT2D eigenvalue weighted by molar-refractivity contribution is -0.122. The molecule has 0 aliphatic carbocycles. The number of hydrogen-bond acceptors (Lipinski definition) is 2. The van der Waals surface area contributed by atoms with E-state index in [1.54, 1.807) is 12.1 Å². The molecule has 0 bridgehead atoms. The highest BCUT2D eigenvalue weighted by molar-refractivity contribution is 5.77. The van der Waals surface area contributed by atoms with Gasteiger partial charge in [0.2, 0.25) is 5.91 Å². The van der Waals surface area contributed by atoms with E-state index >= 15 is 0 Å². The van der Waals surface area contributed by atoms with E-state index in [0.717, 1.165) is 5.56 Å². The summed E-state index contributed by atoms with van der Waals surface area (Å²) < 4.78 is 12.9. The van der Waals surface area contributed by atoms with E-state index in [4.69, 9.17) is 5.11 Å². The fraction of sp³-hybridized carbons (Fsp3) is 0.562. The van der Waals surface area contributed by atoms with Crippen molar-refractivity contribution < 1.29 is 14.3 Å². The van der Waals surface area contributed by atoms with Crippen LogP contribution in [0.15, 0.2) is 24.3 Å². The van der Waals surface area contributed by atoms with Gasteiger partial charge in [-0.2, -0.15) is 0 Å². The number of hydrogen-bond donors (Lipinski definition) is 2.